The van der Waals surface area contributed by atoms with Crippen LogP contribution in [0.25, 0.3) is 11.4 Å². The molecule has 0 spiro atoms. The van der Waals surface area contributed by atoms with Gasteiger partial charge in [-0.15, -0.1) is 0 Å². The molecule has 0 aliphatic rings. The van der Waals surface area contributed by atoms with Gasteiger partial charge in [-0.25, -0.2) is 4.98 Å². The fourth-order valence-electron chi connectivity index (χ4n) is 2.95. The number of hydrogen-bond acceptors (Lipinski definition) is 4. The quantitative estimate of drug-likeness (QED) is 0.622. The van der Waals surface area contributed by atoms with Gasteiger partial charge in [0.1, 0.15) is 5.82 Å². The maximum atomic E-state index is 12.5. The van der Waals surface area contributed by atoms with Crippen molar-refractivity contribution in [2.75, 3.05) is 20.8 Å². The smallest absolute Gasteiger partial charge is 0.255 e. The zero-order chi connectivity index (χ0) is 19.1. The molecule has 140 valence electrons. The van der Waals surface area contributed by atoms with Crippen LogP contribution in [0.15, 0.2) is 60.9 Å². The summed E-state index contributed by atoms with van der Waals surface area (Å²) in [5, 5.41) is 2.94. The molecular formula is C21H23N3O3. The van der Waals surface area contributed by atoms with E-state index in [1.54, 1.807) is 31.5 Å². The summed E-state index contributed by atoms with van der Waals surface area (Å²) in [5.74, 6) is 1.73. The van der Waals surface area contributed by atoms with Crippen molar-refractivity contribution in [2.24, 2.45) is 0 Å². The normalized spacial score (nSPS) is 10.4. The molecule has 0 fully saturated rings. The van der Waals surface area contributed by atoms with Crippen molar-refractivity contribution >= 4 is 5.91 Å². The van der Waals surface area contributed by atoms with Gasteiger partial charge in [-0.1, -0.05) is 36.4 Å². The molecule has 0 saturated heterocycles. The third-order valence-electron chi connectivity index (χ3n) is 4.26. The standard InChI is InChI=1S/C21H23N3O3/c1-26-18-11-6-10-17(19(18)27-2)21(25)23-12-7-14-24-15-13-22-20(24)16-8-4-3-5-9-16/h3-6,8-11,13,15H,7,12,14H2,1-2H3,(H,23,25). The second-order valence-corrected chi connectivity index (χ2v) is 5.96. The van der Waals surface area contributed by atoms with Crippen LogP contribution >= 0.6 is 0 Å². The monoisotopic (exact) mass is 365 g/mol. The van der Waals surface area contributed by atoms with Gasteiger partial charge in [0.15, 0.2) is 11.5 Å². The molecule has 27 heavy (non-hydrogen) atoms. The molecule has 0 aliphatic heterocycles. The topological polar surface area (TPSA) is 65.4 Å². The number of aromatic nitrogens is 2. The number of carbonyl (C=O) groups excluding carboxylic acids is 1. The predicted molar refractivity (Wildman–Crippen MR) is 104 cm³/mol. The van der Waals surface area contributed by atoms with E-state index in [4.69, 9.17) is 9.47 Å². The Morgan fingerprint density at radius 2 is 1.89 bits per heavy atom. The molecule has 2 aromatic carbocycles. The highest BCUT2D eigenvalue weighted by atomic mass is 16.5. The Morgan fingerprint density at radius 3 is 2.63 bits per heavy atom. The number of nitrogens with zero attached hydrogens (tertiary/aromatic N) is 2. The van der Waals surface area contributed by atoms with E-state index in [9.17, 15) is 4.79 Å². The number of para-hydroxylation sites is 1. The highest BCUT2D eigenvalue weighted by Crippen LogP contribution is 2.30. The van der Waals surface area contributed by atoms with E-state index < -0.39 is 0 Å². The lowest BCUT2D eigenvalue weighted by atomic mass is 10.1. The van der Waals surface area contributed by atoms with E-state index >= 15 is 0 Å². The minimum Gasteiger partial charge on any atom is -0.493 e. The van der Waals surface area contributed by atoms with Crippen LogP contribution in [0.3, 0.4) is 0 Å². The van der Waals surface area contributed by atoms with Gasteiger partial charge >= 0.3 is 0 Å². The Bertz CT molecular complexity index is 891. The summed E-state index contributed by atoms with van der Waals surface area (Å²) in [6.45, 7) is 1.31. The van der Waals surface area contributed by atoms with Gasteiger partial charge in [0.2, 0.25) is 0 Å². The first-order valence-electron chi connectivity index (χ1n) is 8.80. The Labute approximate surface area is 158 Å². The second-order valence-electron chi connectivity index (χ2n) is 5.96. The van der Waals surface area contributed by atoms with Crippen molar-refractivity contribution in [3.63, 3.8) is 0 Å². The SMILES string of the molecule is COc1cccc(C(=O)NCCCn2ccnc2-c2ccccc2)c1OC. The summed E-state index contributed by atoms with van der Waals surface area (Å²) in [6, 6.07) is 15.3. The molecule has 6 heteroatoms. The van der Waals surface area contributed by atoms with E-state index in [0.29, 0.717) is 23.6 Å². The number of carbonyl (C=O) groups is 1. The zero-order valence-electron chi connectivity index (χ0n) is 15.5. The second kappa shape index (κ2) is 8.89. The average Bonchev–Trinajstić information content (AvgIpc) is 3.19. The molecule has 1 amide bonds. The number of aryl methyl sites for hydroxylation is 1. The van der Waals surface area contributed by atoms with Gasteiger partial charge in [0.05, 0.1) is 19.8 Å². The minimum absolute atomic E-state index is 0.181. The van der Waals surface area contributed by atoms with Crippen molar-refractivity contribution in [3.8, 4) is 22.9 Å². The molecule has 0 aliphatic carbocycles. The summed E-state index contributed by atoms with van der Waals surface area (Å²) >= 11 is 0. The number of nitrogens with one attached hydrogen (secondary N) is 1. The van der Waals surface area contributed by atoms with Crippen molar-refractivity contribution in [1.29, 1.82) is 0 Å². The number of benzene rings is 2. The van der Waals surface area contributed by atoms with Crippen molar-refractivity contribution in [2.45, 2.75) is 13.0 Å². The van der Waals surface area contributed by atoms with Gasteiger partial charge in [-0.2, -0.15) is 0 Å². The molecule has 0 bridgehead atoms. The van der Waals surface area contributed by atoms with Crippen molar-refractivity contribution < 1.29 is 14.3 Å². The highest BCUT2D eigenvalue weighted by Gasteiger charge is 2.15. The Hall–Kier alpha value is -3.28. The summed E-state index contributed by atoms with van der Waals surface area (Å²) in [5.41, 5.74) is 1.54. The molecule has 0 unspecified atom stereocenters. The summed E-state index contributed by atoms with van der Waals surface area (Å²) < 4.78 is 12.7. The van der Waals surface area contributed by atoms with E-state index in [1.165, 1.54) is 7.11 Å². The molecular weight excluding hydrogens is 342 g/mol. The molecule has 0 atom stereocenters. The van der Waals surface area contributed by atoms with Crippen molar-refractivity contribution in [3.05, 3.63) is 66.5 Å². The first-order chi connectivity index (χ1) is 13.2. The van der Waals surface area contributed by atoms with Gasteiger partial charge in [-0.05, 0) is 18.6 Å². The molecule has 0 radical (unpaired) electrons. The van der Waals surface area contributed by atoms with E-state index in [1.807, 2.05) is 36.5 Å². The van der Waals surface area contributed by atoms with Crippen LogP contribution in [0, 0.1) is 0 Å². The maximum absolute atomic E-state index is 12.5. The van der Waals surface area contributed by atoms with Crippen LogP contribution < -0.4 is 14.8 Å². The van der Waals surface area contributed by atoms with Crippen LogP contribution in [0.1, 0.15) is 16.8 Å². The number of methoxy groups -OCH3 is 2. The molecule has 1 N–H and O–H groups in total. The largest absolute Gasteiger partial charge is 0.493 e. The van der Waals surface area contributed by atoms with Crippen LogP contribution in [0.5, 0.6) is 11.5 Å². The first kappa shape index (κ1) is 18.5. The minimum atomic E-state index is -0.181. The summed E-state index contributed by atoms with van der Waals surface area (Å²) in [7, 11) is 3.08. The predicted octanol–water partition coefficient (Wildman–Crippen LogP) is 3.39. The van der Waals surface area contributed by atoms with Crippen LogP contribution in [-0.4, -0.2) is 36.2 Å². The van der Waals surface area contributed by atoms with Crippen LogP contribution in [0.2, 0.25) is 0 Å². The Balaban J connectivity index is 1.58. The van der Waals surface area contributed by atoms with Gasteiger partial charge < -0.3 is 19.4 Å². The molecule has 1 heterocycles. The maximum Gasteiger partial charge on any atom is 0.255 e. The number of hydrogen-bond donors (Lipinski definition) is 1. The Morgan fingerprint density at radius 1 is 1.07 bits per heavy atom. The summed E-state index contributed by atoms with van der Waals surface area (Å²) in [4.78, 5) is 16.9. The number of ether oxygens (including phenoxy) is 2. The zero-order valence-corrected chi connectivity index (χ0v) is 15.5. The molecule has 1 aromatic heterocycles. The van der Waals surface area contributed by atoms with E-state index in [0.717, 1.165) is 24.4 Å². The van der Waals surface area contributed by atoms with Gasteiger partial charge in [-0.3, -0.25) is 4.79 Å². The number of amides is 1. The summed E-state index contributed by atoms with van der Waals surface area (Å²) in [6.07, 6.45) is 4.53. The van der Waals surface area contributed by atoms with E-state index in [2.05, 4.69) is 14.9 Å². The fraction of sp³-hybridized carbons (Fsp3) is 0.238. The van der Waals surface area contributed by atoms with Gasteiger partial charge in [0, 0.05) is 31.0 Å². The molecule has 6 nitrogen and oxygen atoms in total. The van der Waals surface area contributed by atoms with Gasteiger partial charge in [0.25, 0.3) is 5.91 Å². The third kappa shape index (κ3) is 4.28. The van der Waals surface area contributed by atoms with Crippen LogP contribution in [-0.2, 0) is 6.54 Å². The van der Waals surface area contributed by atoms with Crippen LogP contribution in [0.4, 0.5) is 0 Å². The molecule has 3 rings (SSSR count). The lowest BCUT2D eigenvalue weighted by Crippen LogP contribution is -2.25. The van der Waals surface area contributed by atoms with Crippen molar-refractivity contribution in [1.82, 2.24) is 14.9 Å². The fourth-order valence-corrected chi connectivity index (χ4v) is 2.95. The van der Waals surface area contributed by atoms with E-state index in [-0.39, 0.29) is 5.91 Å². The molecule has 3 aromatic rings. The first-order valence-corrected chi connectivity index (χ1v) is 8.80. The highest BCUT2D eigenvalue weighted by molar-refractivity contribution is 5.97. The Kier molecular flexibility index (Phi) is 6.10. The molecule has 0 saturated carbocycles. The lowest BCUT2D eigenvalue weighted by Gasteiger charge is -2.13. The number of imidazole rings is 1. The average molecular weight is 365 g/mol. The lowest BCUT2D eigenvalue weighted by molar-refractivity contribution is 0.0949. The third-order valence-corrected chi connectivity index (χ3v) is 4.26. The number of rotatable bonds is 8.